The zero-order chi connectivity index (χ0) is 17.1. The highest BCUT2D eigenvalue weighted by Gasteiger charge is 2.17. The Kier molecular flexibility index (Phi) is 4.62. The quantitative estimate of drug-likeness (QED) is 0.675. The van der Waals surface area contributed by atoms with Gasteiger partial charge < -0.3 is 16.0 Å². The fraction of sp³-hybridized carbons (Fsp3) is 0.211. The fourth-order valence-corrected chi connectivity index (χ4v) is 2.83. The van der Waals surface area contributed by atoms with Crippen LogP contribution in [0, 0.1) is 12.7 Å². The number of fused-ring (bicyclic) bond motifs is 1. The maximum atomic E-state index is 12.9. The summed E-state index contributed by atoms with van der Waals surface area (Å²) in [4.78, 5) is 15.5. The molecule has 1 amide bonds. The van der Waals surface area contributed by atoms with Gasteiger partial charge in [0, 0.05) is 23.1 Å². The van der Waals surface area contributed by atoms with Crippen molar-refractivity contribution >= 4 is 16.8 Å². The Morgan fingerprint density at radius 1 is 1.21 bits per heavy atom. The first-order valence-electron chi connectivity index (χ1n) is 7.88. The predicted octanol–water partition coefficient (Wildman–Crippen LogP) is 2.80. The molecule has 1 atom stereocenters. The number of benzene rings is 2. The zero-order valence-electron chi connectivity index (χ0n) is 13.5. The number of hydrogen-bond acceptors (Lipinski definition) is 2. The first kappa shape index (κ1) is 16.2. The van der Waals surface area contributed by atoms with Gasteiger partial charge in [-0.1, -0.05) is 30.3 Å². The van der Waals surface area contributed by atoms with Gasteiger partial charge in [0.1, 0.15) is 5.82 Å². The molecule has 0 spiro atoms. The molecule has 0 aliphatic heterocycles. The third-order valence-electron chi connectivity index (χ3n) is 4.17. The number of amides is 1. The number of carbonyl (C=O) groups excluding carboxylic acids is 1. The molecule has 4 nitrogen and oxygen atoms in total. The van der Waals surface area contributed by atoms with Crippen molar-refractivity contribution < 1.29 is 9.18 Å². The molecule has 0 bridgehead atoms. The van der Waals surface area contributed by atoms with E-state index in [0.717, 1.165) is 27.7 Å². The van der Waals surface area contributed by atoms with Crippen LogP contribution in [-0.2, 0) is 17.8 Å². The van der Waals surface area contributed by atoms with Gasteiger partial charge in [0.15, 0.2) is 0 Å². The Morgan fingerprint density at radius 3 is 2.67 bits per heavy atom. The van der Waals surface area contributed by atoms with Crippen LogP contribution in [0.1, 0.15) is 16.8 Å². The summed E-state index contributed by atoms with van der Waals surface area (Å²) in [7, 11) is 0. The van der Waals surface area contributed by atoms with Crippen molar-refractivity contribution in [3.63, 3.8) is 0 Å². The Labute approximate surface area is 139 Å². The van der Waals surface area contributed by atoms with Gasteiger partial charge >= 0.3 is 0 Å². The van der Waals surface area contributed by atoms with Gasteiger partial charge in [0.2, 0.25) is 5.91 Å². The van der Waals surface area contributed by atoms with E-state index in [2.05, 4.69) is 10.3 Å². The highest BCUT2D eigenvalue weighted by Crippen LogP contribution is 2.22. The summed E-state index contributed by atoms with van der Waals surface area (Å²) in [5.74, 6) is -0.513. The summed E-state index contributed by atoms with van der Waals surface area (Å²) in [5, 5.41) is 3.90. The number of aryl methyl sites for hydroxylation is 1. The lowest BCUT2D eigenvalue weighted by atomic mass is 10.0. The lowest BCUT2D eigenvalue weighted by molar-refractivity contribution is -0.122. The van der Waals surface area contributed by atoms with Gasteiger partial charge in [0.05, 0.1) is 6.04 Å². The van der Waals surface area contributed by atoms with Gasteiger partial charge in [-0.15, -0.1) is 0 Å². The number of nitrogens with two attached hydrogens (primary N) is 1. The third-order valence-corrected chi connectivity index (χ3v) is 4.17. The molecule has 0 saturated heterocycles. The number of aromatic amines is 1. The van der Waals surface area contributed by atoms with Gasteiger partial charge in [-0.25, -0.2) is 4.39 Å². The summed E-state index contributed by atoms with van der Waals surface area (Å²) in [6.07, 6.45) is 0.463. The van der Waals surface area contributed by atoms with E-state index in [1.165, 1.54) is 12.1 Å². The normalized spacial score (nSPS) is 12.3. The number of para-hydroxylation sites is 1. The van der Waals surface area contributed by atoms with Crippen LogP contribution in [0.2, 0.25) is 0 Å². The van der Waals surface area contributed by atoms with Crippen molar-refractivity contribution in [3.8, 4) is 0 Å². The second-order valence-corrected chi connectivity index (χ2v) is 5.93. The summed E-state index contributed by atoms with van der Waals surface area (Å²) in [6.45, 7) is 2.32. The van der Waals surface area contributed by atoms with E-state index in [1.807, 2.05) is 31.2 Å². The Balaban J connectivity index is 1.65. The monoisotopic (exact) mass is 325 g/mol. The van der Waals surface area contributed by atoms with Crippen LogP contribution in [0.15, 0.2) is 48.5 Å². The van der Waals surface area contributed by atoms with Crippen LogP contribution in [0.4, 0.5) is 4.39 Å². The molecule has 0 unspecified atom stereocenters. The lowest BCUT2D eigenvalue weighted by Crippen LogP contribution is -2.41. The number of aromatic nitrogens is 1. The minimum atomic E-state index is -0.636. The number of halogens is 1. The van der Waals surface area contributed by atoms with E-state index >= 15 is 0 Å². The van der Waals surface area contributed by atoms with Crippen LogP contribution in [0.25, 0.3) is 10.9 Å². The van der Waals surface area contributed by atoms with Crippen molar-refractivity contribution in [1.29, 1.82) is 0 Å². The van der Waals surface area contributed by atoms with Crippen LogP contribution < -0.4 is 11.1 Å². The average Bonchev–Trinajstić information content (AvgIpc) is 2.90. The first-order chi connectivity index (χ1) is 11.5. The van der Waals surface area contributed by atoms with E-state index in [1.54, 1.807) is 12.1 Å². The van der Waals surface area contributed by atoms with Crippen molar-refractivity contribution in [3.05, 3.63) is 71.2 Å². The van der Waals surface area contributed by atoms with E-state index in [0.29, 0.717) is 13.0 Å². The first-order valence-corrected chi connectivity index (χ1v) is 7.88. The average molecular weight is 325 g/mol. The Hall–Kier alpha value is -2.66. The molecule has 0 fully saturated rings. The van der Waals surface area contributed by atoms with Crippen molar-refractivity contribution in [2.24, 2.45) is 5.73 Å². The molecule has 0 saturated carbocycles. The minimum absolute atomic E-state index is 0.219. The van der Waals surface area contributed by atoms with Crippen molar-refractivity contribution in [2.45, 2.75) is 25.9 Å². The highest BCUT2D eigenvalue weighted by atomic mass is 19.1. The number of H-pyrrole nitrogens is 1. The molecule has 4 N–H and O–H groups in total. The molecule has 0 aliphatic carbocycles. The standard InChI is InChI=1S/C19H20FN3O/c1-12-16(15-4-2-3-5-18(15)23-12)10-17(21)19(24)22-11-13-6-8-14(20)9-7-13/h2-9,17,23H,10-11,21H2,1H3,(H,22,24)/t17-/m0/s1. The van der Waals surface area contributed by atoms with E-state index in [9.17, 15) is 9.18 Å². The van der Waals surface area contributed by atoms with Gasteiger partial charge in [-0.3, -0.25) is 4.79 Å². The van der Waals surface area contributed by atoms with Crippen molar-refractivity contribution in [2.75, 3.05) is 0 Å². The van der Waals surface area contributed by atoms with Crippen LogP contribution >= 0.6 is 0 Å². The Morgan fingerprint density at radius 2 is 1.92 bits per heavy atom. The molecular formula is C19H20FN3O. The molecule has 5 heteroatoms. The number of rotatable bonds is 5. The molecule has 3 aromatic rings. The number of nitrogens with one attached hydrogen (secondary N) is 2. The van der Waals surface area contributed by atoms with Gasteiger partial charge in [-0.2, -0.15) is 0 Å². The molecule has 0 radical (unpaired) electrons. The molecule has 1 heterocycles. The minimum Gasteiger partial charge on any atom is -0.358 e. The van der Waals surface area contributed by atoms with Crippen LogP contribution in [-0.4, -0.2) is 16.9 Å². The second-order valence-electron chi connectivity index (χ2n) is 5.93. The molecule has 1 aromatic heterocycles. The molecular weight excluding hydrogens is 305 g/mol. The molecule has 2 aromatic carbocycles. The van der Waals surface area contributed by atoms with E-state index in [-0.39, 0.29) is 11.7 Å². The number of carbonyl (C=O) groups is 1. The SMILES string of the molecule is Cc1[nH]c2ccccc2c1C[C@H](N)C(=O)NCc1ccc(F)cc1. The third kappa shape index (κ3) is 3.46. The van der Waals surface area contributed by atoms with Gasteiger partial charge in [0.25, 0.3) is 0 Å². The maximum absolute atomic E-state index is 12.9. The molecule has 3 rings (SSSR count). The van der Waals surface area contributed by atoms with Gasteiger partial charge in [-0.05, 0) is 42.7 Å². The van der Waals surface area contributed by atoms with E-state index in [4.69, 9.17) is 5.73 Å². The maximum Gasteiger partial charge on any atom is 0.237 e. The number of hydrogen-bond donors (Lipinski definition) is 3. The molecule has 124 valence electrons. The smallest absolute Gasteiger partial charge is 0.237 e. The van der Waals surface area contributed by atoms with Crippen LogP contribution in [0.5, 0.6) is 0 Å². The molecule has 0 aliphatic rings. The highest BCUT2D eigenvalue weighted by molar-refractivity contribution is 5.87. The van der Waals surface area contributed by atoms with E-state index < -0.39 is 6.04 Å². The summed E-state index contributed by atoms with van der Waals surface area (Å²) in [6, 6.07) is 13.4. The molecule has 24 heavy (non-hydrogen) atoms. The van der Waals surface area contributed by atoms with Crippen molar-refractivity contribution in [1.82, 2.24) is 10.3 Å². The summed E-state index contributed by atoms with van der Waals surface area (Å²) >= 11 is 0. The Bertz CT molecular complexity index is 855. The largest absolute Gasteiger partial charge is 0.358 e. The zero-order valence-corrected chi connectivity index (χ0v) is 13.5. The topological polar surface area (TPSA) is 70.9 Å². The summed E-state index contributed by atoms with van der Waals surface area (Å²) in [5.41, 5.74) is 10.0. The van der Waals surface area contributed by atoms with Crippen LogP contribution in [0.3, 0.4) is 0 Å². The second kappa shape index (κ2) is 6.84. The fourth-order valence-electron chi connectivity index (χ4n) is 2.83. The summed E-state index contributed by atoms with van der Waals surface area (Å²) < 4.78 is 12.9. The lowest BCUT2D eigenvalue weighted by Gasteiger charge is -2.13. The predicted molar refractivity (Wildman–Crippen MR) is 93.0 cm³/mol.